The van der Waals surface area contributed by atoms with Gasteiger partial charge in [0.05, 0.1) is 0 Å². The molecule has 0 aliphatic rings. The van der Waals surface area contributed by atoms with Crippen molar-refractivity contribution in [1.82, 2.24) is 0 Å². The molecule has 0 amide bonds. The Hall–Kier alpha value is 1.74. The van der Waals surface area contributed by atoms with Crippen molar-refractivity contribution in [1.29, 1.82) is 0 Å². The van der Waals surface area contributed by atoms with Crippen LogP contribution in [-0.2, 0) is 61.1 Å². The molecule has 2 radical (unpaired) electrons. The third kappa shape index (κ3) is 9.28. The summed E-state index contributed by atoms with van der Waals surface area (Å²) in [6, 6.07) is 0. The van der Waals surface area contributed by atoms with E-state index in [1.807, 2.05) is 0 Å². The van der Waals surface area contributed by atoms with E-state index in [4.69, 9.17) is 0 Å². The van der Waals surface area contributed by atoms with E-state index in [-0.39, 0.29) is 61.1 Å². The molecule has 0 fully saturated rings. The minimum atomic E-state index is 0. The average Bonchev–Trinajstić information content (AvgIpc) is 0. The van der Waals surface area contributed by atoms with Crippen molar-refractivity contribution < 1.29 is 34.1 Å². The average molecular weight is 174 g/mol. The maximum absolute atomic E-state index is 0. The molecule has 0 aromatic rings. The van der Waals surface area contributed by atoms with Crippen LogP contribution in [0.1, 0.15) is 0 Å². The van der Waals surface area contributed by atoms with Gasteiger partial charge in [0.1, 0.15) is 0 Å². The van der Waals surface area contributed by atoms with Gasteiger partial charge in [-0.3, -0.25) is 0 Å². The van der Waals surface area contributed by atoms with Crippen molar-refractivity contribution in [3.63, 3.8) is 0 Å². The smallest absolute Gasteiger partial charge is 2.00 e. The fraction of sp³-hybridized carbons (Fsp3) is 0. The SMILES string of the molecule is [Mn+2].[Mn+2].[S-2].[S-2]. The topological polar surface area (TPSA) is 0 Å². The first-order valence-corrected chi connectivity index (χ1v) is 0. The first kappa shape index (κ1) is 42.6. The first-order chi connectivity index (χ1) is 0. The Morgan fingerprint density at radius 2 is 0.500 bits per heavy atom. The van der Waals surface area contributed by atoms with Gasteiger partial charge < -0.3 is 27.0 Å². The second kappa shape index (κ2) is 21.9. The van der Waals surface area contributed by atoms with Crippen LogP contribution in [0.4, 0.5) is 0 Å². The molecule has 0 atom stereocenters. The zero-order valence-corrected chi connectivity index (χ0v) is 5.57. The molecule has 4 heavy (non-hydrogen) atoms. The van der Waals surface area contributed by atoms with E-state index >= 15 is 0 Å². The third-order valence-corrected chi connectivity index (χ3v) is 0. The summed E-state index contributed by atoms with van der Waals surface area (Å²) in [5.74, 6) is 0. The fourth-order valence-corrected chi connectivity index (χ4v) is 0. The Morgan fingerprint density at radius 1 is 0.500 bits per heavy atom. The first-order valence-electron chi connectivity index (χ1n) is 0. The fourth-order valence-electron chi connectivity index (χ4n) is 0. The monoisotopic (exact) mass is 174 g/mol. The zero-order chi connectivity index (χ0) is 0. The Balaban J connectivity index is 0. The minimum Gasteiger partial charge on any atom is -2.00 e. The molecule has 0 saturated carbocycles. The van der Waals surface area contributed by atoms with Gasteiger partial charge in [-0.15, -0.1) is 0 Å². The van der Waals surface area contributed by atoms with E-state index in [1.165, 1.54) is 0 Å². The summed E-state index contributed by atoms with van der Waals surface area (Å²) < 4.78 is 0. The summed E-state index contributed by atoms with van der Waals surface area (Å²) in [4.78, 5) is 0. The molecule has 0 aromatic heterocycles. The van der Waals surface area contributed by atoms with E-state index in [1.54, 1.807) is 0 Å². The van der Waals surface area contributed by atoms with E-state index in [2.05, 4.69) is 0 Å². The van der Waals surface area contributed by atoms with Gasteiger partial charge in [-0.25, -0.2) is 0 Å². The summed E-state index contributed by atoms with van der Waals surface area (Å²) in [6.07, 6.45) is 0. The standard InChI is InChI=1S/2Mn.2S/q2*+2;2*-2. The van der Waals surface area contributed by atoms with Gasteiger partial charge >= 0.3 is 34.1 Å². The number of hydrogen-bond acceptors (Lipinski definition) is 0. The number of rotatable bonds is 0. The van der Waals surface area contributed by atoms with E-state index in [9.17, 15) is 0 Å². The predicted molar refractivity (Wildman–Crippen MR) is 14.7 cm³/mol. The van der Waals surface area contributed by atoms with Crippen molar-refractivity contribution in [3.05, 3.63) is 0 Å². The Labute approximate surface area is 60.9 Å². The molecule has 0 rings (SSSR count). The van der Waals surface area contributed by atoms with Crippen molar-refractivity contribution in [2.24, 2.45) is 0 Å². The largest absolute Gasteiger partial charge is 2.00 e. The maximum atomic E-state index is 0. The molecule has 0 spiro atoms. The molecule has 0 heterocycles. The molecule has 0 saturated heterocycles. The molecular weight excluding hydrogens is 174 g/mol. The van der Waals surface area contributed by atoms with Crippen LogP contribution in [0.5, 0.6) is 0 Å². The van der Waals surface area contributed by atoms with Gasteiger partial charge in [0, 0.05) is 0 Å². The summed E-state index contributed by atoms with van der Waals surface area (Å²) in [6.45, 7) is 0. The number of hydrogen-bond donors (Lipinski definition) is 0. The van der Waals surface area contributed by atoms with Gasteiger partial charge in [-0.2, -0.15) is 0 Å². The van der Waals surface area contributed by atoms with Gasteiger partial charge in [-0.1, -0.05) is 0 Å². The third-order valence-electron chi connectivity index (χ3n) is 0. The van der Waals surface area contributed by atoms with E-state index in [0.717, 1.165) is 0 Å². The second-order valence-corrected chi connectivity index (χ2v) is 0. The van der Waals surface area contributed by atoms with Gasteiger partial charge in [0.25, 0.3) is 0 Å². The summed E-state index contributed by atoms with van der Waals surface area (Å²) >= 11 is 0. The minimum absolute atomic E-state index is 0. The molecule has 0 aliphatic heterocycles. The molecule has 0 aromatic carbocycles. The van der Waals surface area contributed by atoms with Crippen molar-refractivity contribution in [3.8, 4) is 0 Å². The summed E-state index contributed by atoms with van der Waals surface area (Å²) in [5.41, 5.74) is 0. The second-order valence-electron chi connectivity index (χ2n) is 0. The van der Waals surface area contributed by atoms with Crippen molar-refractivity contribution in [2.75, 3.05) is 0 Å². The van der Waals surface area contributed by atoms with Crippen LogP contribution in [0.3, 0.4) is 0 Å². The normalized spacial score (nSPS) is 0. The van der Waals surface area contributed by atoms with Crippen LogP contribution >= 0.6 is 0 Å². The summed E-state index contributed by atoms with van der Waals surface area (Å²) in [5, 5.41) is 0. The molecule has 0 unspecified atom stereocenters. The van der Waals surface area contributed by atoms with Crippen LogP contribution < -0.4 is 0 Å². The predicted octanol–water partition coefficient (Wildman–Crippen LogP) is -0.00980. The van der Waals surface area contributed by atoms with Crippen molar-refractivity contribution >= 4 is 27.0 Å². The van der Waals surface area contributed by atoms with Gasteiger partial charge in [0.15, 0.2) is 0 Å². The van der Waals surface area contributed by atoms with Crippen molar-refractivity contribution in [2.45, 2.75) is 0 Å². The zero-order valence-electron chi connectivity index (χ0n) is 1.57. The molecule has 0 nitrogen and oxygen atoms in total. The van der Waals surface area contributed by atoms with E-state index in [0.29, 0.717) is 0 Å². The van der Waals surface area contributed by atoms with Gasteiger partial charge in [-0.05, 0) is 0 Å². The van der Waals surface area contributed by atoms with E-state index < -0.39 is 0 Å². The Bertz CT molecular complexity index is 4.00. The van der Waals surface area contributed by atoms with Crippen LogP contribution in [0.2, 0.25) is 0 Å². The molecule has 0 N–H and O–H groups in total. The molecule has 0 bridgehead atoms. The molecule has 26 valence electrons. The molecule has 4 heteroatoms. The quantitative estimate of drug-likeness (QED) is 0.453. The Morgan fingerprint density at radius 3 is 0.500 bits per heavy atom. The Kier molecular flexibility index (Phi) is 233. The van der Waals surface area contributed by atoms with Crippen LogP contribution in [-0.4, -0.2) is 0 Å². The van der Waals surface area contributed by atoms with Crippen LogP contribution in [0.25, 0.3) is 0 Å². The maximum Gasteiger partial charge on any atom is 2.00 e. The summed E-state index contributed by atoms with van der Waals surface area (Å²) in [7, 11) is 0. The van der Waals surface area contributed by atoms with Gasteiger partial charge in [0.2, 0.25) is 0 Å². The van der Waals surface area contributed by atoms with Crippen LogP contribution in [0, 0.1) is 0 Å². The van der Waals surface area contributed by atoms with Crippen LogP contribution in [0.15, 0.2) is 0 Å². The molecule has 0 aliphatic carbocycles. The molecular formula is Mn2S2.